The van der Waals surface area contributed by atoms with Crippen molar-refractivity contribution in [3.8, 4) is 11.5 Å². The molecular weight excluding hydrogens is 266 g/mol. The van der Waals surface area contributed by atoms with Gasteiger partial charge in [-0.15, -0.1) is 0 Å². The first-order chi connectivity index (χ1) is 10.3. The molecule has 1 aromatic rings. The molecule has 2 aliphatic carbocycles. The van der Waals surface area contributed by atoms with Gasteiger partial charge in [0.15, 0.2) is 17.6 Å². The fourth-order valence-electron chi connectivity index (χ4n) is 4.70. The number of nitrogens with one attached hydrogen (secondary N) is 1. The molecule has 4 heteroatoms. The van der Waals surface area contributed by atoms with Gasteiger partial charge in [0.2, 0.25) is 0 Å². The highest BCUT2D eigenvalue weighted by Crippen LogP contribution is 2.61. The van der Waals surface area contributed by atoms with Crippen LogP contribution in [0.3, 0.4) is 0 Å². The molecule has 2 N–H and O–H groups in total. The highest BCUT2D eigenvalue weighted by Gasteiger charge is 2.60. The van der Waals surface area contributed by atoms with Crippen LogP contribution < -0.4 is 10.1 Å². The minimum atomic E-state index is -0.155. The highest BCUT2D eigenvalue weighted by molar-refractivity contribution is 5.67. The van der Waals surface area contributed by atoms with Crippen molar-refractivity contribution in [3.63, 3.8) is 0 Å². The first kappa shape index (κ1) is 11.7. The largest absolute Gasteiger partial charge is 0.504 e. The van der Waals surface area contributed by atoms with Crippen LogP contribution >= 0.6 is 0 Å². The Labute approximate surface area is 123 Å². The molecule has 5 rings (SSSR count). The third-order valence-corrected chi connectivity index (χ3v) is 5.50. The average molecular weight is 283 g/mol. The molecule has 4 aliphatic rings. The lowest BCUT2D eigenvalue weighted by Gasteiger charge is -2.49. The van der Waals surface area contributed by atoms with Crippen molar-refractivity contribution >= 4 is 0 Å². The summed E-state index contributed by atoms with van der Waals surface area (Å²) < 4.78 is 11.8. The van der Waals surface area contributed by atoms with Crippen LogP contribution in [0.2, 0.25) is 0 Å². The summed E-state index contributed by atoms with van der Waals surface area (Å²) in [7, 11) is 1.69. The molecular formula is C17H17NO3. The van der Waals surface area contributed by atoms with E-state index in [1.165, 1.54) is 16.7 Å². The van der Waals surface area contributed by atoms with Gasteiger partial charge in [-0.05, 0) is 42.7 Å². The SMILES string of the molecule is COC1=CC=C2[C@H]3Cc4ccc(O)c5c4C2(CCN3)[C@H]1O5. The molecule has 0 aromatic heterocycles. The molecule has 1 fully saturated rings. The summed E-state index contributed by atoms with van der Waals surface area (Å²) in [6, 6.07) is 4.16. The normalized spacial score (nSPS) is 34.5. The quantitative estimate of drug-likeness (QED) is 0.825. The zero-order valence-electron chi connectivity index (χ0n) is 11.8. The Balaban J connectivity index is 1.87. The number of hydrogen-bond acceptors (Lipinski definition) is 4. The van der Waals surface area contributed by atoms with E-state index in [1.807, 2.05) is 12.1 Å². The van der Waals surface area contributed by atoms with Crippen LogP contribution in [0.5, 0.6) is 11.5 Å². The molecule has 2 heterocycles. The molecule has 2 aliphatic heterocycles. The first-order valence-electron chi connectivity index (χ1n) is 7.47. The molecule has 3 atom stereocenters. The van der Waals surface area contributed by atoms with E-state index < -0.39 is 0 Å². The Morgan fingerprint density at radius 1 is 1.38 bits per heavy atom. The number of phenolic OH excluding ortho intramolecular Hbond substituents is 1. The molecule has 1 aromatic carbocycles. The number of hydrogen-bond donors (Lipinski definition) is 2. The number of rotatable bonds is 1. The van der Waals surface area contributed by atoms with Crippen molar-refractivity contribution in [2.75, 3.05) is 13.7 Å². The lowest BCUT2D eigenvalue weighted by molar-refractivity contribution is 0.0999. The second-order valence-corrected chi connectivity index (χ2v) is 6.27. The van der Waals surface area contributed by atoms with Crippen molar-refractivity contribution in [2.45, 2.75) is 30.4 Å². The van der Waals surface area contributed by atoms with Gasteiger partial charge in [-0.25, -0.2) is 0 Å². The minimum absolute atomic E-state index is 0.144. The number of aromatic hydroxyl groups is 1. The fourth-order valence-corrected chi connectivity index (χ4v) is 4.70. The molecule has 21 heavy (non-hydrogen) atoms. The molecule has 0 saturated carbocycles. The van der Waals surface area contributed by atoms with Crippen molar-refractivity contribution in [3.05, 3.63) is 46.7 Å². The Bertz CT molecular complexity index is 721. The number of allylic oxidation sites excluding steroid dienone is 2. The van der Waals surface area contributed by atoms with E-state index in [0.717, 1.165) is 25.1 Å². The number of methoxy groups -OCH3 is 1. The lowest BCUT2D eigenvalue weighted by atomic mass is 9.58. The summed E-state index contributed by atoms with van der Waals surface area (Å²) in [5, 5.41) is 13.9. The van der Waals surface area contributed by atoms with E-state index in [9.17, 15) is 5.11 Å². The summed E-state index contributed by atoms with van der Waals surface area (Å²) in [6.07, 6.45) is 6.01. The van der Waals surface area contributed by atoms with E-state index in [-0.39, 0.29) is 17.3 Å². The van der Waals surface area contributed by atoms with E-state index in [2.05, 4.69) is 11.4 Å². The first-order valence-corrected chi connectivity index (χ1v) is 7.47. The van der Waals surface area contributed by atoms with Gasteiger partial charge in [-0.3, -0.25) is 0 Å². The molecule has 1 spiro atoms. The molecule has 0 amide bonds. The lowest BCUT2D eigenvalue weighted by Crippen LogP contribution is -2.58. The predicted molar refractivity (Wildman–Crippen MR) is 77.5 cm³/mol. The Morgan fingerprint density at radius 2 is 2.29 bits per heavy atom. The Hall–Kier alpha value is -1.94. The maximum Gasteiger partial charge on any atom is 0.169 e. The van der Waals surface area contributed by atoms with Crippen LogP contribution in [0.4, 0.5) is 0 Å². The topological polar surface area (TPSA) is 50.7 Å². The smallest absolute Gasteiger partial charge is 0.169 e. The van der Waals surface area contributed by atoms with Gasteiger partial charge in [0.05, 0.1) is 12.5 Å². The van der Waals surface area contributed by atoms with Gasteiger partial charge in [-0.1, -0.05) is 12.1 Å². The summed E-state index contributed by atoms with van der Waals surface area (Å²) in [5.74, 6) is 1.75. The van der Waals surface area contributed by atoms with Gasteiger partial charge in [-0.2, -0.15) is 0 Å². The predicted octanol–water partition coefficient (Wildman–Crippen LogP) is 1.78. The second kappa shape index (κ2) is 3.63. The second-order valence-electron chi connectivity index (χ2n) is 6.27. The third kappa shape index (κ3) is 1.17. The molecule has 4 nitrogen and oxygen atoms in total. The van der Waals surface area contributed by atoms with Gasteiger partial charge >= 0.3 is 0 Å². The number of piperidine rings is 1. The van der Waals surface area contributed by atoms with Crippen molar-refractivity contribution in [2.24, 2.45) is 0 Å². The van der Waals surface area contributed by atoms with Crippen molar-refractivity contribution < 1.29 is 14.6 Å². The molecule has 0 radical (unpaired) electrons. The van der Waals surface area contributed by atoms with E-state index in [1.54, 1.807) is 13.2 Å². The van der Waals surface area contributed by atoms with Gasteiger partial charge in [0.25, 0.3) is 0 Å². The van der Waals surface area contributed by atoms with Crippen LogP contribution in [0.15, 0.2) is 35.6 Å². The van der Waals surface area contributed by atoms with Crippen molar-refractivity contribution in [1.29, 1.82) is 0 Å². The monoisotopic (exact) mass is 283 g/mol. The number of ether oxygens (including phenoxy) is 2. The van der Waals surface area contributed by atoms with Crippen LogP contribution in [0.1, 0.15) is 17.5 Å². The van der Waals surface area contributed by atoms with Gasteiger partial charge < -0.3 is 19.9 Å². The Morgan fingerprint density at radius 3 is 3.14 bits per heavy atom. The van der Waals surface area contributed by atoms with Gasteiger partial charge in [0.1, 0.15) is 5.76 Å². The standard InChI is InChI=1S/C17H17NO3/c1-20-13-5-3-10-11-8-9-2-4-12(19)15-14(9)17(10,6-7-18-11)16(13)21-15/h2-5,11,16,18-19H,6-8H2,1H3/t11-,16+,17?/m1/s1. The van der Waals surface area contributed by atoms with E-state index >= 15 is 0 Å². The van der Waals surface area contributed by atoms with Gasteiger partial charge in [0, 0.05) is 11.6 Å². The summed E-state index contributed by atoms with van der Waals surface area (Å²) in [6.45, 7) is 0.966. The fraction of sp³-hybridized carbons (Fsp3) is 0.412. The maximum absolute atomic E-state index is 10.2. The van der Waals surface area contributed by atoms with Crippen LogP contribution in [-0.2, 0) is 16.6 Å². The molecule has 108 valence electrons. The zero-order chi connectivity index (χ0) is 14.2. The van der Waals surface area contributed by atoms with Crippen LogP contribution in [0.25, 0.3) is 0 Å². The third-order valence-electron chi connectivity index (χ3n) is 5.50. The molecule has 1 unspecified atom stereocenters. The summed E-state index contributed by atoms with van der Waals surface area (Å²) >= 11 is 0. The average Bonchev–Trinajstić information content (AvgIpc) is 2.83. The van der Waals surface area contributed by atoms with Crippen LogP contribution in [0, 0.1) is 0 Å². The number of phenols is 1. The van der Waals surface area contributed by atoms with Crippen LogP contribution in [-0.4, -0.2) is 30.9 Å². The summed E-state index contributed by atoms with van der Waals surface area (Å²) in [5.41, 5.74) is 3.71. The maximum atomic E-state index is 10.2. The number of benzene rings is 1. The zero-order valence-corrected chi connectivity index (χ0v) is 11.8. The Kier molecular flexibility index (Phi) is 2.02. The molecule has 2 bridgehead atoms. The van der Waals surface area contributed by atoms with E-state index in [0.29, 0.717) is 11.8 Å². The van der Waals surface area contributed by atoms with Crippen molar-refractivity contribution in [1.82, 2.24) is 5.32 Å². The highest BCUT2D eigenvalue weighted by atomic mass is 16.5. The molecule has 1 saturated heterocycles. The summed E-state index contributed by atoms with van der Waals surface area (Å²) in [4.78, 5) is 0. The minimum Gasteiger partial charge on any atom is -0.504 e. The van der Waals surface area contributed by atoms with E-state index in [4.69, 9.17) is 9.47 Å².